The molecule has 0 spiro atoms. The Morgan fingerprint density at radius 1 is 1.26 bits per heavy atom. The minimum absolute atomic E-state index is 0.107. The topological polar surface area (TPSA) is 75.7 Å². The summed E-state index contributed by atoms with van der Waals surface area (Å²) in [6, 6.07) is 2.65. The zero-order valence-corrected chi connectivity index (χ0v) is 15.0. The van der Waals surface area contributed by atoms with Crippen LogP contribution in [0.15, 0.2) is 17.0 Å². The number of methoxy groups -OCH3 is 1. The largest absolute Gasteiger partial charge is 0.496 e. The quantitative estimate of drug-likeness (QED) is 0.900. The molecule has 1 N–H and O–H groups in total. The van der Waals surface area contributed by atoms with Gasteiger partial charge in [0.15, 0.2) is 0 Å². The number of sulfonamides is 1. The number of amides is 1. The summed E-state index contributed by atoms with van der Waals surface area (Å²) in [5.41, 5.74) is 1.36. The van der Waals surface area contributed by atoms with Crippen LogP contribution in [0.25, 0.3) is 0 Å². The van der Waals surface area contributed by atoms with Crippen molar-refractivity contribution in [2.24, 2.45) is 5.92 Å². The van der Waals surface area contributed by atoms with Crippen molar-refractivity contribution >= 4 is 15.9 Å². The molecule has 1 aromatic rings. The van der Waals surface area contributed by atoms with Gasteiger partial charge in [0.05, 0.1) is 12.0 Å². The predicted molar refractivity (Wildman–Crippen MR) is 88.0 cm³/mol. The van der Waals surface area contributed by atoms with Crippen molar-refractivity contribution < 1.29 is 17.9 Å². The van der Waals surface area contributed by atoms with E-state index in [-0.39, 0.29) is 23.3 Å². The Hall–Kier alpha value is -1.60. The fraction of sp³-hybridized carbons (Fsp3) is 0.562. The maximum Gasteiger partial charge on any atom is 0.244 e. The number of piperazine rings is 1. The number of carbonyl (C=O) groups excluding carboxylic acids is 1. The molecule has 23 heavy (non-hydrogen) atoms. The van der Waals surface area contributed by atoms with Crippen LogP contribution in [-0.4, -0.2) is 44.9 Å². The second kappa shape index (κ2) is 6.49. The van der Waals surface area contributed by atoms with Crippen LogP contribution in [0.2, 0.25) is 0 Å². The summed E-state index contributed by atoms with van der Waals surface area (Å²) in [6.07, 6.45) is 0. The molecule has 1 saturated heterocycles. The van der Waals surface area contributed by atoms with Gasteiger partial charge in [-0.1, -0.05) is 13.8 Å². The minimum atomic E-state index is -3.75. The molecule has 0 saturated carbocycles. The molecule has 128 valence electrons. The Bertz CT molecular complexity index is 713. The highest BCUT2D eigenvalue weighted by Crippen LogP contribution is 2.30. The van der Waals surface area contributed by atoms with Crippen LogP contribution in [0, 0.1) is 19.8 Å². The van der Waals surface area contributed by atoms with Crippen LogP contribution in [-0.2, 0) is 14.8 Å². The van der Waals surface area contributed by atoms with Crippen molar-refractivity contribution in [1.82, 2.24) is 9.62 Å². The lowest BCUT2D eigenvalue weighted by Crippen LogP contribution is -2.59. The second-order valence-corrected chi connectivity index (χ2v) is 8.04. The zero-order valence-electron chi connectivity index (χ0n) is 14.2. The third kappa shape index (κ3) is 3.21. The first-order valence-corrected chi connectivity index (χ1v) is 9.09. The van der Waals surface area contributed by atoms with Crippen LogP contribution in [0.5, 0.6) is 5.75 Å². The van der Waals surface area contributed by atoms with Gasteiger partial charge < -0.3 is 10.1 Å². The summed E-state index contributed by atoms with van der Waals surface area (Å²) in [7, 11) is -2.20. The lowest BCUT2D eigenvalue weighted by molar-refractivity contribution is -0.128. The number of benzene rings is 1. The van der Waals surface area contributed by atoms with Gasteiger partial charge in [0.25, 0.3) is 0 Å². The molecule has 1 unspecified atom stereocenters. The van der Waals surface area contributed by atoms with E-state index in [0.29, 0.717) is 17.9 Å². The highest BCUT2D eigenvalue weighted by atomic mass is 32.2. The monoisotopic (exact) mass is 340 g/mol. The molecule has 1 fully saturated rings. The Morgan fingerprint density at radius 2 is 1.91 bits per heavy atom. The molecule has 1 amide bonds. The molecule has 1 aliphatic rings. The van der Waals surface area contributed by atoms with E-state index in [2.05, 4.69) is 5.32 Å². The van der Waals surface area contributed by atoms with Crippen molar-refractivity contribution in [2.45, 2.75) is 38.6 Å². The number of aryl methyl sites for hydroxylation is 2. The van der Waals surface area contributed by atoms with Crippen molar-refractivity contribution in [1.29, 1.82) is 0 Å². The first-order chi connectivity index (χ1) is 10.7. The van der Waals surface area contributed by atoms with Crippen LogP contribution in [0.1, 0.15) is 25.0 Å². The van der Waals surface area contributed by atoms with Crippen molar-refractivity contribution in [3.8, 4) is 5.75 Å². The molecule has 0 bridgehead atoms. The number of nitrogens with one attached hydrogen (secondary N) is 1. The van der Waals surface area contributed by atoms with E-state index in [0.717, 1.165) is 5.56 Å². The molecule has 1 aliphatic heterocycles. The third-order valence-corrected chi connectivity index (χ3v) is 6.14. The van der Waals surface area contributed by atoms with Gasteiger partial charge in [0, 0.05) is 13.1 Å². The van der Waals surface area contributed by atoms with E-state index in [1.165, 1.54) is 4.31 Å². The number of hydrogen-bond acceptors (Lipinski definition) is 4. The summed E-state index contributed by atoms with van der Waals surface area (Å²) in [5.74, 6) is 0.306. The lowest BCUT2D eigenvalue weighted by atomic mass is 10.0. The summed E-state index contributed by atoms with van der Waals surface area (Å²) < 4.78 is 32.8. The van der Waals surface area contributed by atoms with Gasteiger partial charge in [0.2, 0.25) is 15.9 Å². The molecule has 7 heteroatoms. The summed E-state index contributed by atoms with van der Waals surface area (Å²) in [4.78, 5) is 12.4. The zero-order chi connectivity index (χ0) is 17.4. The second-order valence-electron chi connectivity index (χ2n) is 6.18. The van der Waals surface area contributed by atoms with Gasteiger partial charge >= 0.3 is 0 Å². The average Bonchev–Trinajstić information content (AvgIpc) is 2.48. The van der Waals surface area contributed by atoms with Crippen molar-refractivity contribution in [3.05, 3.63) is 23.3 Å². The summed E-state index contributed by atoms with van der Waals surface area (Å²) in [5, 5.41) is 2.75. The Labute approximate surface area is 137 Å². The van der Waals surface area contributed by atoms with E-state index in [1.807, 2.05) is 13.8 Å². The number of rotatable bonds is 4. The molecule has 1 aromatic carbocycles. The fourth-order valence-corrected chi connectivity index (χ4v) is 4.97. The third-order valence-electron chi connectivity index (χ3n) is 4.12. The smallest absolute Gasteiger partial charge is 0.244 e. The first-order valence-electron chi connectivity index (χ1n) is 7.65. The normalized spacial score (nSPS) is 19.7. The van der Waals surface area contributed by atoms with Crippen LogP contribution < -0.4 is 10.1 Å². The minimum Gasteiger partial charge on any atom is -0.496 e. The predicted octanol–water partition coefficient (Wildman–Crippen LogP) is 1.46. The molecule has 0 radical (unpaired) electrons. The Balaban J connectivity index is 2.53. The Kier molecular flexibility index (Phi) is 5.01. The van der Waals surface area contributed by atoms with Crippen LogP contribution in [0.4, 0.5) is 0 Å². The number of carbonyl (C=O) groups is 1. The standard InChI is InChI=1S/C16H24N2O4S/c1-10(2)15-16(19)17-6-7-18(15)23(20,21)14-9-11(3)13(22-5)8-12(14)4/h8-10,15H,6-7H2,1-5H3,(H,17,19). The number of hydrogen-bond donors (Lipinski definition) is 1. The van der Waals surface area contributed by atoms with Gasteiger partial charge in [-0.05, 0) is 43.0 Å². The highest BCUT2D eigenvalue weighted by Gasteiger charge is 2.40. The van der Waals surface area contributed by atoms with Gasteiger partial charge in [-0.3, -0.25) is 4.79 Å². The lowest BCUT2D eigenvalue weighted by Gasteiger charge is -2.36. The van der Waals surface area contributed by atoms with Crippen molar-refractivity contribution in [2.75, 3.05) is 20.2 Å². The van der Waals surface area contributed by atoms with Gasteiger partial charge in [-0.2, -0.15) is 4.31 Å². The van der Waals surface area contributed by atoms with E-state index >= 15 is 0 Å². The average molecular weight is 340 g/mol. The maximum absolute atomic E-state index is 13.1. The molecule has 0 aromatic heterocycles. The van der Waals surface area contributed by atoms with E-state index < -0.39 is 16.1 Å². The SMILES string of the molecule is COc1cc(C)c(S(=O)(=O)N2CCNC(=O)C2C(C)C)cc1C. The molecule has 2 rings (SSSR count). The summed E-state index contributed by atoms with van der Waals surface area (Å²) >= 11 is 0. The molecule has 1 heterocycles. The summed E-state index contributed by atoms with van der Waals surface area (Å²) in [6.45, 7) is 7.86. The van der Waals surface area contributed by atoms with Gasteiger partial charge in [0.1, 0.15) is 11.8 Å². The maximum atomic E-state index is 13.1. The molecular weight excluding hydrogens is 316 g/mol. The van der Waals surface area contributed by atoms with E-state index in [9.17, 15) is 13.2 Å². The molecule has 1 atom stereocenters. The molecule has 0 aliphatic carbocycles. The molecule has 6 nitrogen and oxygen atoms in total. The van der Waals surface area contributed by atoms with E-state index in [1.54, 1.807) is 33.1 Å². The van der Waals surface area contributed by atoms with Gasteiger partial charge in [-0.15, -0.1) is 0 Å². The number of ether oxygens (including phenoxy) is 1. The number of nitrogens with zero attached hydrogens (tertiary/aromatic N) is 1. The highest BCUT2D eigenvalue weighted by molar-refractivity contribution is 7.89. The first kappa shape index (κ1) is 17.7. The van der Waals surface area contributed by atoms with Crippen LogP contribution >= 0.6 is 0 Å². The van der Waals surface area contributed by atoms with Crippen LogP contribution in [0.3, 0.4) is 0 Å². The van der Waals surface area contributed by atoms with Gasteiger partial charge in [-0.25, -0.2) is 8.42 Å². The van der Waals surface area contributed by atoms with E-state index in [4.69, 9.17) is 4.74 Å². The fourth-order valence-electron chi connectivity index (χ4n) is 2.96. The van der Waals surface area contributed by atoms with Crippen molar-refractivity contribution in [3.63, 3.8) is 0 Å². The molecular formula is C16H24N2O4S. The Morgan fingerprint density at radius 3 is 2.48 bits per heavy atom.